The van der Waals surface area contributed by atoms with Gasteiger partial charge in [-0.3, -0.25) is 9.59 Å². The molecule has 0 bridgehead atoms. The van der Waals surface area contributed by atoms with Gasteiger partial charge < -0.3 is 30.1 Å². The largest absolute Gasteiger partial charge is 0.497 e. The average molecular weight is 472 g/mol. The molecule has 34 heavy (non-hydrogen) atoms. The first-order valence-corrected chi connectivity index (χ1v) is 10.8. The Morgan fingerprint density at radius 3 is 2.26 bits per heavy atom. The van der Waals surface area contributed by atoms with E-state index in [4.69, 9.17) is 9.47 Å². The zero-order chi connectivity index (χ0) is 25.5. The fourth-order valence-electron chi connectivity index (χ4n) is 3.28. The van der Waals surface area contributed by atoms with Crippen LogP contribution >= 0.6 is 0 Å². The minimum atomic E-state index is -1.29. The molecule has 0 saturated heterocycles. The highest BCUT2D eigenvalue weighted by Crippen LogP contribution is 2.24. The van der Waals surface area contributed by atoms with Crippen LogP contribution in [-0.4, -0.2) is 60.3 Å². The number of likely N-dealkylation sites (N-methyl/N-ethyl adjacent to an activating group) is 1. The molecule has 3 N–H and O–H groups in total. The number of benzene rings is 2. The zero-order valence-corrected chi connectivity index (χ0v) is 20.4. The summed E-state index contributed by atoms with van der Waals surface area (Å²) in [6.07, 6.45) is -0.844. The third kappa shape index (κ3) is 7.48. The summed E-state index contributed by atoms with van der Waals surface area (Å²) in [5.41, 5.74) is 1.23. The SMILES string of the molecule is COc1ccc(NC(=O)C(c2cccc(C)c2)N(C)C(=O)C(CO)NC(=O)OC(C)(C)C)cc1. The van der Waals surface area contributed by atoms with E-state index >= 15 is 0 Å². The van der Waals surface area contributed by atoms with Gasteiger partial charge in [0.2, 0.25) is 5.91 Å². The van der Waals surface area contributed by atoms with Crippen LogP contribution in [0.15, 0.2) is 48.5 Å². The van der Waals surface area contributed by atoms with Crippen LogP contribution in [0.2, 0.25) is 0 Å². The Hall–Kier alpha value is -3.59. The number of amides is 3. The van der Waals surface area contributed by atoms with Crippen molar-refractivity contribution in [3.05, 3.63) is 59.7 Å². The van der Waals surface area contributed by atoms with Crippen LogP contribution in [0.5, 0.6) is 5.75 Å². The highest BCUT2D eigenvalue weighted by molar-refractivity contribution is 5.99. The lowest BCUT2D eigenvalue weighted by molar-refractivity contribution is -0.139. The quantitative estimate of drug-likeness (QED) is 0.545. The van der Waals surface area contributed by atoms with Crippen molar-refractivity contribution in [3.8, 4) is 5.75 Å². The molecule has 0 aromatic heterocycles. The van der Waals surface area contributed by atoms with E-state index in [1.165, 1.54) is 11.9 Å². The van der Waals surface area contributed by atoms with Crippen LogP contribution in [0.1, 0.15) is 37.9 Å². The standard InChI is InChI=1S/C25H33N3O6/c1-16-8-7-9-17(14-16)21(22(30)26-18-10-12-19(33-6)13-11-18)28(5)23(31)20(15-29)27-24(32)34-25(2,3)4/h7-14,20-21,29H,15H2,1-6H3,(H,26,30)(H,27,32). The maximum Gasteiger partial charge on any atom is 0.408 e. The number of carbonyl (C=O) groups is 3. The smallest absolute Gasteiger partial charge is 0.408 e. The number of ether oxygens (including phenoxy) is 2. The number of rotatable bonds is 8. The number of aliphatic hydroxyl groups is 1. The van der Waals surface area contributed by atoms with Crippen LogP contribution in [-0.2, 0) is 14.3 Å². The number of alkyl carbamates (subject to hydrolysis) is 1. The van der Waals surface area contributed by atoms with Gasteiger partial charge in [0.25, 0.3) is 5.91 Å². The van der Waals surface area contributed by atoms with Gasteiger partial charge in [-0.05, 0) is 57.5 Å². The number of nitrogens with one attached hydrogen (secondary N) is 2. The molecule has 2 rings (SSSR count). The zero-order valence-electron chi connectivity index (χ0n) is 20.4. The fraction of sp³-hybridized carbons (Fsp3) is 0.400. The van der Waals surface area contributed by atoms with Gasteiger partial charge in [-0.15, -0.1) is 0 Å². The van der Waals surface area contributed by atoms with E-state index in [9.17, 15) is 19.5 Å². The number of carbonyl (C=O) groups excluding carboxylic acids is 3. The number of aliphatic hydroxyl groups excluding tert-OH is 1. The Bertz CT molecular complexity index is 1000. The van der Waals surface area contributed by atoms with Gasteiger partial charge in [0.15, 0.2) is 0 Å². The monoisotopic (exact) mass is 471 g/mol. The Balaban J connectivity index is 2.30. The summed E-state index contributed by atoms with van der Waals surface area (Å²) in [7, 11) is 2.99. The van der Waals surface area contributed by atoms with Crippen molar-refractivity contribution in [1.29, 1.82) is 0 Å². The summed E-state index contributed by atoms with van der Waals surface area (Å²) in [6, 6.07) is 11.7. The van der Waals surface area contributed by atoms with Gasteiger partial charge in [-0.1, -0.05) is 29.8 Å². The minimum Gasteiger partial charge on any atom is -0.497 e. The lowest BCUT2D eigenvalue weighted by Gasteiger charge is -2.31. The lowest BCUT2D eigenvalue weighted by Crippen LogP contribution is -2.52. The molecule has 0 heterocycles. The highest BCUT2D eigenvalue weighted by Gasteiger charge is 2.34. The molecule has 0 spiro atoms. The van der Waals surface area contributed by atoms with Crippen molar-refractivity contribution in [2.75, 3.05) is 26.1 Å². The van der Waals surface area contributed by atoms with Crippen LogP contribution in [0.3, 0.4) is 0 Å². The maximum absolute atomic E-state index is 13.3. The van der Waals surface area contributed by atoms with Gasteiger partial charge >= 0.3 is 6.09 Å². The van der Waals surface area contributed by atoms with E-state index in [0.717, 1.165) is 5.56 Å². The van der Waals surface area contributed by atoms with Crippen molar-refractivity contribution in [2.45, 2.75) is 45.4 Å². The van der Waals surface area contributed by atoms with E-state index in [2.05, 4.69) is 10.6 Å². The Kier molecular flexibility index (Phi) is 9.03. The molecule has 0 aliphatic heterocycles. The summed E-state index contributed by atoms with van der Waals surface area (Å²) in [5, 5.41) is 15.0. The van der Waals surface area contributed by atoms with Gasteiger partial charge in [0, 0.05) is 12.7 Å². The van der Waals surface area contributed by atoms with E-state index in [1.54, 1.807) is 70.3 Å². The van der Waals surface area contributed by atoms with Crippen molar-refractivity contribution in [3.63, 3.8) is 0 Å². The van der Waals surface area contributed by atoms with E-state index in [-0.39, 0.29) is 0 Å². The van der Waals surface area contributed by atoms with Gasteiger partial charge in [0.05, 0.1) is 13.7 Å². The molecule has 0 aliphatic carbocycles. The molecule has 2 aromatic rings. The number of hydrogen-bond donors (Lipinski definition) is 3. The van der Waals surface area contributed by atoms with Crippen molar-refractivity contribution in [2.24, 2.45) is 0 Å². The van der Waals surface area contributed by atoms with E-state index in [1.807, 2.05) is 13.0 Å². The summed E-state index contributed by atoms with van der Waals surface area (Å²) < 4.78 is 10.3. The van der Waals surface area contributed by atoms with Crippen molar-refractivity contribution < 1.29 is 29.0 Å². The number of anilines is 1. The Labute approximate surface area is 200 Å². The molecular formula is C25H33N3O6. The van der Waals surface area contributed by atoms with Gasteiger partial charge in [0.1, 0.15) is 23.4 Å². The summed E-state index contributed by atoms with van der Waals surface area (Å²) in [6.45, 7) is 6.27. The van der Waals surface area contributed by atoms with Crippen LogP contribution < -0.4 is 15.4 Å². The summed E-state index contributed by atoms with van der Waals surface area (Å²) in [4.78, 5) is 39.9. The first kappa shape index (κ1) is 26.7. The third-order valence-electron chi connectivity index (χ3n) is 4.87. The molecule has 2 aromatic carbocycles. The number of nitrogens with zero attached hydrogens (tertiary/aromatic N) is 1. The molecular weight excluding hydrogens is 438 g/mol. The first-order chi connectivity index (χ1) is 15.9. The summed E-state index contributed by atoms with van der Waals surface area (Å²) in [5.74, 6) is -0.468. The van der Waals surface area contributed by atoms with Crippen LogP contribution in [0.25, 0.3) is 0 Å². The van der Waals surface area contributed by atoms with E-state index in [0.29, 0.717) is 17.0 Å². The highest BCUT2D eigenvalue weighted by atomic mass is 16.6. The Morgan fingerprint density at radius 2 is 1.74 bits per heavy atom. The number of aryl methyl sites for hydroxylation is 1. The molecule has 0 saturated carbocycles. The van der Waals surface area contributed by atoms with Gasteiger partial charge in [-0.2, -0.15) is 0 Å². The molecule has 9 nitrogen and oxygen atoms in total. The fourth-order valence-corrected chi connectivity index (χ4v) is 3.28. The second-order valence-corrected chi connectivity index (χ2v) is 8.86. The van der Waals surface area contributed by atoms with E-state index < -0.39 is 42.2 Å². The molecule has 9 heteroatoms. The van der Waals surface area contributed by atoms with Crippen LogP contribution in [0.4, 0.5) is 10.5 Å². The minimum absolute atomic E-state index is 0.458. The second-order valence-electron chi connectivity index (χ2n) is 8.86. The van der Waals surface area contributed by atoms with Crippen molar-refractivity contribution >= 4 is 23.6 Å². The molecule has 2 atom stereocenters. The Morgan fingerprint density at radius 1 is 1.09 bits per heavy atom. The molecule has 184 valence electrons. The third-order valence-corrected chi connectivity index (χ3v) is 4.87. The van der Waals surface area contributed by atoms with Gasteiger partial charge in [-0.25, -0.2) is 4.79 Å². The second kappa shape index (κ2) is 11.5. The molecule has 0 fully saturated rings. The normalized spacial score (nSPS) is 12.8. The topological polar surface area (TPSA) is 117 Å². The predicted molar refractivity (Wildman–Crippen MR) is 129 cm³/mol. The lowest BCUT2D eigenvalue weighted by atomic mass is 10.0. The first-order valence-electron chi connectivity index (χ1n) is 10.8. The maximum atomic E-state index is 13.3. The molecule has 0 radical (unpaired) electrons. The van der Waals surface area contributed by atoms with Crippen LogP contribution in [0, 0.1) is 6.92 Å². The van der Waals surface area contributed by atoms with Crippen molar-refractivity contribution in [1.82, 2.24) is 10.2 Å². The predicted octanol–water partition coefficient (Wildman–Crippen LogP) is 3.03. The summed E-state index contributed by atoms with van der Waals surface area (Å²) >= 11 is 0. The molecule has 0 aliphatic rings. The average Bonchev–Trinajstić information content (AvgIpc) is 2.76. The molecule has 2 unspecified atom stereocenters. The molecule has 3 amide bonds. The number of hydrogen-bond acceptors (Lipinski definition) is 6. The number of methoxy groups -OCH3 is 1.